The van der Waals surface area contributed by atoms with Gasteiger partial charge in [0.2, 0.25) is 0 Å². The molecule has 0 spiro atoms. The van der Waals surface area contributed by atoms with Crippen molar-refractivity contribution in [3.63, 3.8) is 0 Å². The Morgan fingerprint density at radius 2 is 1.18 bits per heavy atom. The van der Waals surface area contributed by atoms with Crippen LogP contribution >= 0.6 is 0 Å². The third kappa shape index (κ3) is 24.7. The predicted octanol–water partition coefficient (Wildman–Crippen LogP) is 2.64. The summed E-state index contributed by atoms with van der Waals surface area (Å²) >= 11 is 0. The number of rotatable bonds is 21. The molecule has 0 heterocycles. The van der Waals surface area contributed by atoms with Gasteiger partial charge < -0.3 is 16.0 Å². The molecule has 0 amide bonds. The van der Waals surface area contributed by atoms with E-state index in [0.29, 0.717) is 0 Å². The fraction of sp³-hybridized carbons (Fsp3) is 0.893. The van der Waals surface area contributed by atoms with E-state index in [2.05, 4.69) is 20.8 Å². The van der Waals surface area contributed by atoms with Gasteiger partial charge in [-0.3, -0.25) is 18.9 Å². The number of carboxylic acid groups (broad SMARTS) is 1. The molecule has 0 fully saturated rings. The Morgan fingerprint density at radius 3 is 1.52 bits per heavy atom. The van der Waals surface area contributed by atoms with E-state index in [1.807, 2.05) is 20.8 Å². The normalized spacial score (nSPS) is 13.7. The Kier molecular flexibility index (Phi) is 34.4. The van der Waals surface area contributed by atoms with Gasteiger partial charge in [0.15, 0.2) is 5.25 Å². The number of esters is 2. The van der Waals surface area contributed by atoms with Crippen molar-refractivity contribution < 1.29 is 72.9 Å². The van der Waals surface area contributed by atoms with Gasteiger partial charge in [-0.05, 0) is 37.5 Å². The molecule has 0 aromatic rings. The van der Waals surface area contributed by atoms with Gasteiger partial charge in [-0.25, -0.2) is 0 Å². The van der Waals surface area contributed by atoms with Crippen molar-refractivity contribution in [2.75, 3.05) is 13.2 Å². The molecular weight excluding hydrogens is 654 g/mol. The van der Waals surface area contributed by atoms with Gasteiger partial charge in [-0.15, -0.1) is 0 Å². The second-order valence-electron chi connectivity index (χ2n) is 9.94. The minimum absolute atomic E-state index is 0. The number of hydrogen-bond acceptors (Lipinski definition) is 7. The number of carboxylic acids is 1. The molecule has 0 saturated heterocycles. The molecule has 9 nitrogen and oxygen atoms in total. The van der Waals surface area contributed by atoms with Crippen LogP contribution in [0.3, 0.4) is 0 Å². The van der Waals surface area contributed by atoms with Crippen molar-refractivity contribution in [2.24, 2.45) is 17.8 Å². The van der Waals surface area contributed by atoms with Gasteiger partial charge in [0.25, 0.3) is 10.1 Å². The molecule has 4 atom stereocenters. The molecule has 0 rings (SSSR count). The summed E-state index contributed by atoms with van der Waals surface area (Å²) in [5.41, 5.74) is 0. The average molecular weight is 712 g/mol. The molecule has 40 heavy (non-hydrogen) atoms. The van der Waals surface area contributed by atoms with Crippen molar-refractivity contribution in [3.05, 3.63) is 0 Å². The Bertz CT molecular complexity index is 757. The summed E-state index contributed by atoms with van der Waals surface area (Å²) in [5, 5.41) is 6.65. The van der Waals surface area contributed by atoms with Gasteiger partial charge in [0.05, 0.1) is 25.6 Å². The Morgan fingerprint density at radius 1 is 0.750 bits per heavy atom. The zero-order chi connectivity index (χ0) is 29.6. The van der Waals surface area contributed by atoms with E-state index in [0.717, 1.165) is 77.0 Å². The van der Waals surface area contributed by atoms with Crippen LogP contribution < -0.4 is 29.6 Å². The number of ether oxygens (including phenoxy) is 2. The third-order valence-electron chi connectivity index (χ3n) is 6.75. The van der Waals surface area contributed by atoms with E-state index in [9.17, 15) is 27.4 Å². The van der Waals surface area contributed by atoms with E-state index in [1.54, 1.807) is 0 Å². The summed E-state index contributed by atoms with van der Waals surface area (Å²) < 4.78 is 42.8. The van der Waals surface area contributed by atoms with Crippen LogP contribution in [-0.4, -0.2) is 78.4 Å². The average Bonchev–Trinajstić information content (AvgIpc) is 2.87. The first kappa shape index (κ1) is 47.1. The molecule has 234 valence electrons. The van der Waals surface area contributed by atoms with E-state index >= 15 is 0 Å². The van der Waals surface area contributed by atoms with Gasteiger partial charge >= 0.3 is 71.4 Å². The SMILES string of the molecule is CCCCC(CC)C(=O)O.CCCCC(CC)COC(=O)CC(C(=O)OCC(CC)CCCC)S(=O)(=O)O.[H-].[Na+].[SnH2]. The molecule has 0 aromatic carbocycles. The molecule has 2 radical (unpaired) electrons. The first-order chi connectivity index (χ1) is 17.9. The van der Waals surface area contributed by atoms with Crippen LogP contribution in [0, 0.1) is 17.8 Å². The van der Waals surface area contributed by atoms with Gasteiger partial charge in [0.1, 0.15) is 0 Å². The quantitative estimate of drug-likeness (QED) is 0.104. The van der Waals surface area contributed by atoms with Crippen LogP contribution in [0.15, 0.2) is 0 Å². The maximum absolute atomic E-state index is 12.2. The van der Waals surface area contributed by atoms with Gasteiger partial charge in [-0.2, -0.15) is 8.42 Å². The molecule has 2 N–H and O–H groups in total. The van der Waals surface area contributed by atoms with Crippen molar-refractivity contribution in [2.45, 2.75) is 130 Å². The molecule has 0 aliphatic rings. The van der Waals surface area contributed by atoms with E-state index in [-0.39, 0.29) is 85.9 Å². The Hall–Kier alpha value is 0.119. The summed E-state index contributed by atoms with van der Waals surface area (Å²) in [5.74, 6) is -2.36. The minimum atomic E-state index is -4.76. The van der Waals surface area contributed by atoms with Crippen LogP contribution in [0.5, 0.6) is 0 Å². The van der Waals surface area contributed by atoms with Crippen LogP contribution in [0.2, 0.25) is 0 Å². The van der Waals surface area contributed by atoms with Crippen molar-refractivity contribution >= 4 is 51.9 Å². The third-order valence-corrected chi connectivity index (χ3v) is 7.83. The second kappa shape index (κ2) is 29.2. The Labute approximate surface area is 284 Å². The summed E-state index contributed by atoms with van der Waals surface area (Å²) in [7, 11) is -4.76. The maximum atomic E-state index is 12.2. The van der Waals surface area contributed by atoms with Crippen molar-refractivity contribution in [3.8, 4) is 0 Å². The van der Waals surface area contributed by atoms with Gasteiger partial charge in [-0.1, -0.05) is 92.9 Å². The zero-order valence-electron chi connectivity index (χ0n) is 27.3. The Balaban J connectivity index is -0.000000284. The number of carbonyl (C=O) groups excluding carboxylic acids is 2. The van der Waals surface area contributed by atoms with E-state index < -0.39 is 39.7 Å². The van der Waals surface area contributed by atoms with Crippen LogP contribution in [0.25, 0.3) is 0 Å². The first-order valence-electron chi connectivity index (χ1n) is 14.4. The fourth-order valence-electron chi connectivity index (χ4n) is 3.77. The topological polar surface area (TPSA) is 144 Å². The van der Waals surface area contributed by atoms with E-state index in [1.165, 1.54) is 0 Å². The van der Waals surface area contributed by atoms with Crippen LogP contribution in [0.4, 0.5) is 0 Å². The molecule has 0 aromatic heterocycles. The molecule has 0 aliphatic heterocycles. The van der Waals surface area contributed by atoms with Crippen molar-refractivity contribution in [1.29, 1.82) is 0 Å². The predicted molar refractivity (Wildman–Crippen MR) is 159 cm³/mol. The molecule has 12 heteroatoms. The monoisotopic (exact) mass is 712 g/mol. The molecule has 0 saturated carbocycles. The van der Waals surface area contributed by atoms with Gasteiger partial charge in [0, 0.05) is 0 Å². The number of carbonyl (C=O) groups is 3. The standard InChI is InChI=1S/C20H38O7S.C8H16O2.Na.Sn.3H/c1-5-9-11-16(7-3)14-26-19(21)13-18(28(23,24)25)20(22)27-15-17(8-4)12-10-6-2;1-3-5-6-7(4-2)8(9)10;;;;;/h16-18H,5-15H2,1-4H3,(H,23,24,25);7H,3-6H2,1-2H3,(H,9,10);;;;;/q;;+1;;;;-1. The summed E-state index contributed by atoms with van der Waals surface area (Å²) in [4.78, 5) is 34.7. The summed E-state index contributed by atoms with van der Waals surface area (Å²) in [6.45, 7) is 12.4. The zero-order valence-corrected chi connectivity index (χ0v) is 33.1. The molecule has 0 aliphatic carbocycles. The van der Waals surface area contributed by atoms with E-state index in [4.69, 9.17) is 14.6 Å². The van der Waals surface area contributed by atoms with Crippen molar-refractivity contribution in [1.82, 2.24) is 0 Å². The molecular formula is C28H57NaO9SSn. The first-order valence-corrected chi connectivity index (χ1v) is 15.9. The number of unbranched alkanes of at least 4 members (excludes halogenated alkanes) is 3. The summed E-state index contributed by atoms with van der Waals surface area (Å²) in [6, 6.07) is 0. The number of hydrogen-bond donors (Lipinski definition) is 2. The van der Waals surface area contributed by atoms with Crippen LogP contribution in [0.1, 0.15) is 126 Å². The fourth-order valence-corrected chi connectivity index (χ4v) is 4.43. The molecule has 0 bridgehead atoms. The van der Waals surface area contributed by atoms with Crippen LogP contribution in [-0.2, 0) is 34.0 Å². The summed E-state index contributed by atoms with van der Waals surface area (Å²) in [6.07, 6.45) is 10.5. The number of aliphatic carboxylic acids is 1. The molecule has 4 unspecified atom stereocenters. The second-order valence-corrected chi connectivity index (χ2v) is 11.5.